The molecule has 5 heteroatoms. The number of hydrogen-bond acceptors (Lipinski definition) is 4. The number of nitrogens with one attached hydrogen (secondary N) is 1. The molecule has 1 unspecified atom stereocenters. The molecule has 1 amide bonds. The minimum absolute atomic E-state index is 0.0492. The van der Waals surface area contributed by atoms with Crippen molar-refractivity contribution in [3.05, 3.63) is 36.7 Å². The Balaban J connectivity index is 1.32. The van der Waals surface area contributed by atoms with E-state index >= 15 is 0 Å². The topological polar surface area (TPSA) is 60.5 Å². The number of hydrogen-bond donors (Lipinski definition) is 1. The van der Waals surface area contributed by atoms with Crippen molar-refractivity contribution in [1.82, 2.24) is 10.3 Å². The lowest BCUT2D eigenvalue weighted by Gasteiger charge is -2.35. The van der Waals surface area contributed by atoms with Crippen molar-refractivity contribution in [1.29, 1.82) is 0 Å². The molecule has 1 aromatic heterocycles. The van der Waals surface area contributed by atoms with Crippen LogP contribution in [0.4, 0.5) is 0 Å². The zero-order valence-corrected chi connectivity index (χ0v) is 15.9. The van der Waals surface area contributed by atoms with E-state index in [4.69, 9.17) is 9.47 Å². The van der Waals surface area contributed by atoms with Crippen LogP contribution in [0.15, 0.2) is 36.7 Å². The maximum absolute atomic E-state index is 12.6. The highest BCUT2D eigenvalue weighted by atomic mass is 16.5. The molecule has 4 rings (SSSR count). The quantitative estimate of drug-likeness (QED) is 0.886. The van der Waals surface area contributed by atoms with Crippen LogP contribution in [0, 0.1) is 0 Å². The van der Waals surface area contributed by atoms with Gasteiger partial charge in [-0.1, -0.05) is 12.1 Å². The zero-order chi connectivity index (χ0) is 18.7. The molecule has 5 nitrogen and oxygen atoms in total. The summed E-state index contributed by atoms with van der Waals surface area (Å²) >= 11 is 0. The molecule has 1 saturated heterocycles. The summed E-state index contributed by atoms with van der Waals surface area (Å²) in [6.45, 7) is 2.61. The normalized spacial score (nSPS) is 28.6. The van der Waals surface area contributed by atoms with Gasteiger partial charge in [0, 0.05) is 35.8 Å². The number of ether oxygens (including phenoxy) is 2. The van der Waals surface area contributed by atoms with Crippen LogP contribution in [0.2, 0.25) is 0 Å². The third kappa shape index (κ3) is 4.08. The Morgan fingerprint density at radius 3 is 2.85 bits per heavy atom. The van der Waals surface area contributed by atoms with Crippen molar-refractivity contribution in [3.63, 3.8) is 0 Å². The fourth-order valence-electron chi connectivity index (χ4n) is 4.15. The SMILES string of the molecule is CC1(C(=O)NC2CCC(Oc3cccc4cnccc34)CC2)CCCCO1. The first-order valence-electron chi connectivity index (χ1n) is 10.1. The largest absolute Gasteiger partial charge is 0.490 e. The molecule has 1 atom stereocenters. The minimum Gasteiger partial charge on any atom is -0.490 e. The standard InChI is InChI=1S/C22H28N2O3/c1-22(12-2-3-14-26-22)21(25)24-17-7-9-18(10-8-17)27-20-6-4-5-16-15-23-13-11-19(16)20/h4-6,11,13,15,17-18H,2-3,7-10,12,14H2,1H3,(H,24,25). The lowest BCUT2D eigenvalue weighted by Crippen LogP contribution is -2.52. The van der Waals surface area contributed by atoms with Crippen LogP contribution in [-0.4, -0.2) is 35.2 Å². The van der Waals surface area contributed by atoms with Crippen LogP contribution in [-0.2, 0) is 9.53 Å². The second-order valence-electron chi connectivity index (χ2n) is 7.95. The van der Waals surface area contributed by atoms with Gasteiger partial charge in [-0.2, -0.15) is 0 Å². The van der Waals surface area contributed by atoms with E-state index in [1.54, 1.807) is 6.20 Å². The van der Waals surface area contributed by atoms with Gasteiger partial charge in [-0.25, -0.2) is 0 Å². The van der Waals surface area contributed by atoms with Crippen molar-refractivity contribution in [2.75, 3.05) is 6.61 Å². The summed E-state index contributed by atoms with van der Waals surface area (Å²) in [5.74, 6) is 0.971. The van der Waals surface area contributed by atoms with Gasteiger partial charge in [-0.05, 0) is 64.0 Å². The lowest BCUT2D eigenvalue weighted by molar-refractivity contribution is -0.151. The van der Waals surface area contributed by atoms with E-state index in [1.807, 2.05) is 31.3 Å². The van der Waals surface area contributed by atoms with Crippen LogP contribution < -0.4 is 10.1 Å². The molecule has 1 N–H and O–H groups in total. The first kappa shape index (κ1) is 18.2. The molecule has 1 aromatic carbocycles. The molecule has 27 heavy (non-hydrogen) atoms. The van der Waals surface area contributed by atoms with Crippen LogP contribution in [0.25, 0.3) is 10.8 Å². The smallest absolute Gasteiger partial charge is 0.252 e. The summed E-state index contributed by atoms with van der Waals surface area (Å²) in [4.78, 5) is 16.8. The fraction of sp³-hybridized carbons (Fsp3) is 0.545. The molecule has 1 aliphatic carbocycles. The van der Waals surface area contributed by atoms with Gasteiger partial charge in [-0.15, -0.1) is 0 Å². The zero-order valence-electron chi connectivity index (χ0n) is 15.9. The molecule has 2 heterocycles. The van der Waals surface area contributed by atoms with Gasteiger partial charge in [0.2, 0.25) is 0 Å². The summed E-state index contributed by atoms with van der Waals surface area (Å²) in [5.41, 5.74) is -0.650. The number of nitrogens with zero attached hydrogens (tertiary/aromatic N) is 1. The molecule has 0 radical (unpaired) electrons. The molecular weight excluding hydrogens is 340 g/mol. The fourth-order valence-corrected chi connectivity index (χ4v) is 4.15. The van der Waals surface area contributed by atoms with Gasteiger partial charge in [0.05, 0.1) is 6.10 Å². The van der Waals surface area contributed by atoms with Crippen molar-refractivity contribution < 1.29 is 14.3 Å². The molecule has 2 fully saturated rings. The average molecular weight is 368 g/mol. The van der Waals surface area contributed by atoms with Crippen LogP contribution in [0.1, 0.15) is 51.9 Å². The molecule has 0 spiro atoms. The maximum Gasteiger partial charge on any atom is 0.252 e. The highest BCUT2D eigenvalue weighted by Gasteiger charge is 2.37. The Kier molecular flexibility index (Phi) is 5.30. The second kappa shape index (κ2) is 7.85. The molecule has 0 bridgehead atoms. The molecule has 2 aromatic rings. The Hall–Kier alpha value is -2.14. The number of fused-ring (bicyclic) bond motifs is 1. The van der Waals surface area contributed by atoms with E-state index in [0.717, 1.165) is 61.5 Å². The Bertz CT molecular complexity index is 788. The van der Waals surface area contributed by atoms with Crippen LogP contribution in [0.5, 0.6) is 5.75 Å². The third-order valence-electron chi connectivity index (χ3n) is 5.89. The predicted molar refractivity (Wildman–Crippen MR) is 105 cm³/mol. The molecule has 2 aliphatic rings. The monoisotopic (exact) mass is 368 g/mol. The van der Waals surface area contributed by atoms with Gasteiger partial charge in [0.25, 0.3) is 5.91 Å². The number of rotatable bonds is 4. The molecule has 144 valence electrons. The van der Waals surface area contributed by atoms with Gasteiger partial charge in [0.1, 0.15) is 11.4 Å². The van der Waals surface area contributed by atoms with Gasteiger partial charge >= 0.3 is 0 Å². The highest BCUT2D eigenvalue weighted by Crippen LogP contribution is 2.30. The Labute approximate surface area is 160 Å². The van der Waals surface area contributed by atoms with Gasteiger partial charge < -0.3 is 14.8 Å². The Morgan fingerprint density at radius 2 is 2.07 bits per heavy atom. The van der Waals surface area contributed by atoms with Crippen molar-refractivity contribution in [2.45, 2.75) is 69.6 Å². The van der Waals surface area contributed by atoms with E-state index in [0.29, 0.717) is 6.61 Å². The Morgan fingerprint density at radius 1 is 1.22 bits per heavy atom. The number of benzene rings is 1. The summed E-state index contributed by atoms with van der Waals surface area (Å²) in [6.07, 6.45) is 10.6. The number of aromatic nitrogens is 1. The summed E-state index contributed by atoms with van der Waals surface area (Å²) in [7, 11) is 0. The van der Waals surface area contributed by atoms with Crippen LogP contribution >= 0.6 is 0 Å². The molecule has 1 saturated carbocycles. The van der Waals surface area contributed by atoms with Crippen molar-refractivity contribution in [3.8, 4) is 5.75 Å². The van der Waals surface area contributed by atoms with Gasteiger partial charge in [0.15, 0.2) is 0 Å². The highest BCUT2D eigenvalue weighted by molar-refractivity contribution is 5.87. The van der Waals surface area contributed by atoms with E-state index in [2.05, 4.69) is 16.4 Å². The van der Waals surface area contributed by atoms with E-state index in [-0.39, 0.29) is 18.1 Å². The summed E-state index contributed by atoms with van der Waals surface area (Å²) in [6, 6.07) is 8.31. The number of carbonyl (C=O) groups excluding carboxylic acids is 1. The van der Waals surface area contributed by atoms with E-state index in [9.17, 15) is 4.79 Å². The second-order valence-corrected chi connectivity index (χ2v) is 7.95. The van der Waals surface area contributed by atoms with Crippen LogP contribution in [0.3, 0.4) is 0 Å². The lowest BCUT2D eigenvalue weighted by atomic mass is 9.90. The first-order chi connectivity index (χ1) is 13.1. The maximum atomic E-state index is 12.6. The molecular formula is C22H28N2O3. The van der Waals surface area contributed by atoms with Gasteiger partial charge in [-0.3, -0.25) is 9.78 Å². The number of pyridine rings is 1. The third-order valence-corrected chi connectivity index (χ3v) is 5.89. The average Bonchev–Trinajstić information content (AvgIpc) is 2.70. The predicted octanol–water partition coefficient (Wildman–Crippen LogP) is 4.00. The minimum atomic E-state index is -0.650. The van der Waals surface area contributed by atoms with E-state index in [1.165, 1.54) is 0 Å². The van der Waals surface area contributed by atoms with Crippen molar-refractivity contribution in [2.24, 2.45) is 0 Å². The number of amides is 1. The number of carbonyl (C=O) groups is 1. The van der Waals surface area contributed by atoms with E-state index < -0.39 is 5.60 Å². The van der Waals surface area contributed by atoms with Crippen molar-refractivity contribution >= 4 is 16.7 Å². The molecule has 1 aliphatic heterocycles. The first-order valence-corrected chi connectivity index (χ1v) is 10.1. The summed E-state index contributed by atoms with van der Waals surface area (Å²) in [5, 5.41) is 5.41. The summed E-state index contributed by atoms with van der Waals surface area (Å²) < 4.78 is 12.1.